The lowest BCUT2D eigenvalue weighted by molar-refractivity contribution is 0.173. The molecule has 2 N–H and O–H groups in total. The van der Waals surface area contributed by atoms with E-state index in [1.807, 2.05) is 0 Å². The van der Waals surface area contributed by atoms with E-state index in [0.717, 1.165) is 19.5 Å². The number of carbonyl (C=O) groups excluding carboxylic acids is 1. The van der Waals surface area contributed by atoms with Crippen LogP contribution in [0.25, 0.3) is 0 Å². The molecular formula is C6H10N2O2. The van der Waals surface area contributed by atoms with Gasteiger partial charge in [-0.1, -0.05) is 0 Å². The molecule has 0 saturated carbocycles. The summed E-state index contributed by atoms with van der Waals surface area (Å²) in [5.74, 6) is 0. The van der Waals surface area contributed by atoms with Crippen molar-refractivity contribution >= 4 is 6.09 Å². The van der Waals surface area contributed by atoms with E-state index >= 15 is 0 Å². The van der Waals surface area contributed by atoms with E-state index in [-0.39, 0.29) is 11.6 Å². The number of amides is 1. The highest BCUT2D eigenvalue weighted by molar-refractivity contribution is 5.70. The van der Waals surface area contributed by atoms with Crippen molar-refractivity contribution in [1.82, 2.24) is 10.6 Å². The van der Waals surface area contributed by atoms with Gasteiger partial charge in [0.25, 0.3) is 0 Å². The van der Waals surface area contributed by atoms with Crippen LogP contribution in [0.5, 0.6) is 0 Å². The van der Waals surface area contributed by atoms with E-state index in [4.69, 9.17) is 4.74 Å². The molecule has 0 radical (unpaired) electrons. The summed E-state index contributed by atoms with van der Waals surface area (Å²) in [5.41, 5.74) is -0.0723. The number of cyclic esters (lactones) is 1. The second-order valence-corrected chi connectivity index (χ2v) is 2.91. The molecule has 0 aromatic heterocycles. The summed E-state index contributed by atoms with van der Waals surface area (Å²) in [7, 11) is 0. The van der Waals surface area contributed by atoms with Crippen LogP contribution in [0.2, 0.25) is 0 Å². The average Bonchev–Trinajstić information content (AvgIpc) is 2.46. The molecule has 2 heterocycles. The van der Waals surface area contributed by atoms with Crippen LogP contribution in [-0.2, 0) is 4.74 Å². The molecule has 2 saturated heterocycles. The van der Waals surface area contributed by atoms with Gasteiger partial charge in [-0.25, -0.2) is 4.79 Å². The summed E-state index contributed by atoms with van der Waals surface area (Å²) in [6.45, 7) is 2.35. The molecule has 10 heavy (non-hydrogen) atoms. The summed E-state index contributed by atoms with van der Waals surface area (Å²) in [6, 6.07) is 0. The monoisotopic (exact) mass is 142 g/mol. The smallest absolute Gasteiger partial charge is 0.407 e. The summed E-state index contributed by atoms with van der Waals surface area (Å²) in [5, 5.41) is 5.99. The first kappa shape index (κ1) is 5.97. The summed E-state index contributed by atoms with van der Waals surface area (Å²) in [6.07, 6.45) is 0.711. The molecule has 2 aliphatic heterocycles. The number of ether oxygens (including phenoxy) is 1. The third-order valence-electron chi connectivity index (χ3n) is 2.09. The molecular weight excluding hydrogens is 132 g/mol. The Morgan fingerprint density at radius 3 is 3.00 bits per heavy atom. The molecule has 1 atom stereocenters. The van der Waals surface area contributed by atoms with Crippen LogP contribution in [0.1, 0.15) is 6.42 Å². The Balaban J connectivity index is 2.09. The minimum Gasteiger partial charge on any atom is -0.447 e. The molecule has 1 amide bonds. The van der Waals surface area contributed by atoms with Gasteiger partial charge in [0.2, 0.25) is 0 Å². The maximum absolute atomic E-state index is 10.6. The number of alkyl carbamates (subject to hydrolysis) is 1. The maximum atomic E-state index is 10.6. The van der Waals surface area contributed by atoms with Gasteiger partial charge in [-0.2, -0.15) is 0 Å². The van der Waals surface area contributed by atoms with Gasteiger partial charge in [-0.15, -0.1) is 0 Å². The van der Waals surface area contributed by atoms with E-state index in [9.17, 15) is 4.79 Å². The Kier molecular flexibility index (Phi) is 1.11. The number of hydrogen-bond acceptors (Lipinski definition) is 3. The fourth-order valence-electron chi connectivity index (χ4n) is 1.47. The van der Waals surface area contributed by atoms with Crippen LogP contribution in [0, 0.1) is 0 Å². The van der Waals surface area contributed by atoms with Crippen LogP contribution in [0.3, 0.4) is 0 Å². The van der Waals surface area contributed by atoms with Gasteiger partial charge < -0.3 is 15.4 Å². The van der Waals surface area contributed by atoms with Crippen molar-refractivity contribution in [2.45, 2.75) is 12.0 Å². The van der Waals surface area contributed by atoms with Crippen LogP contribution in [0.15, 0.2) is 0 Å². The third kappa shape index (κ3) is 0.759. The zero-order valence-corrected chi connectivity index (χ0v) is 5.64. The Bertz CT molecular complexity index is 163. The number of nitrogens with one attached hydrogen (secondary N) is 2. The quantitative estimate of drug-likeness (QED) is 0.477. The molecule has 0 aliphatic carbocycles. The highest BCUT2D eigenvalue weighted by Gasteiger charge is 2.41. The lowest BCUT2D eigenvalue weighted by Crippen LogP contribution is -2.45. The van der Waals surface area contributed by atoms with Gasteiger partial charge in [-0.05, 0) is 13.0 Å². The minimum absolute atomic E-state index is 0.0723. The molecule has 1 unspecified atom stereocenters. The molecule has 2 fully saturated rings. The largest absolute Gasteiger partial charge is 0.447 e. The van der Waals surface area contributed by atoms with Crippen molar-refractivity contribution in [3.8, 4) is 0 Å². The highest BCUT2D eigenvalue weighted by atomic mass is 16.6. The first-order chi connectivity index (χ1) is 4.81. The topological polar surface area (TPSA) is 50.4 Å². The zero-order valence-electron chi connectivity index (χ0n) is 5.64. The minimum atomic E-state index is -0.274. The van der Waals surface area contributed by atoms with E-state index in [2.05, 4.69) is 10.6 Å². The standard InChI is InChI=1S/C6H10N2O2/c9-5-8-6(4-10-5)1-2-7-3-6/h7H,1-4H2,(H,8,9). The molecule has 0 aromatic rings. The highest BCUT2D eigenvalue weighted by Crippen LogP contribution is 2.19. The molecule has 4 nitrogen and oxygen atoms in total. The first-order valence-electron chi connectivity index (χ1n) is 3.46. The van der Waals surface area contributed by atoms with Gasteiger partial charge in [0, 0.05) is 6.54 Å². The summed E-state index contributed by atoms with van der Waals surface area (Å²) >= 11 is 0. The van der Waals surface area contributed by atoms with E-state index in [1.54, 1.807) is 0 Å². The Labute approximate surface area is 58.9 Å². The van der Waals surface area contributed by atoms with E-state index in [1.165, 1.54) is 0 Å². The first-order valence-corrected chi connectivity index (χ1v) is 3.46. The molecule has 56 valence electrons. The van der Waals surface area contributed by atoms with E-state index in [0.29, 0.717) is 6.61 Å². The summed E-state index contributed by atoms with van der Waals surface area (Å²) < 4.78 is 4.80. The SMILES string of the molecule is O=C1NC2(CCNC2)CO1. The van der Waals surface area contributed by atoms with Gasteiger partial charge in [0.05, 0.1) is 5.54 Å². The number of hydrogen-bond donors (Lipinski definition) is 2. The van der Waals surface area contributed by atoms with Gasteiger partial charge in [0.1, 0.15) is 6.61 Å². The fraction of sp³-hybridized carbons (Fsp3) is 0.833. The van der Waals surface area contributed by atoms with Crippen LogP contribution in [0.4, 0.5) is 4.79 Å². The fourth-order valence-corrected chi connectivity index (χ4v) is 1.47. The van der Waals surface area contributed by atoms with Gasteiger partial charge in [0.15, 0.2) is 0 Å². The lowest BCUT2D eigenvalue weighted by atomic mass is 10.0. The molecule has 2 rings (SSSR count). The second kappa shape index (κ2) is 1.85. The normalized spacial score (nSPS) is 38.2. The van der Waals surface area contributed by atoms with Crippen molar-refractivity contribution in [2.24, 2.45) is 0 Å². The maximum Gasteiger partial charge on any atom is 0.407 e. The van der Waals surface area contributed by atoms with Crippen LogP contribution in [-0.4, -0.2) is 31.3 Å². The zero-order chi connectivity index (χ0) is 7.03. The Morgan fingerprint density at radius 2 is 2.50 bits per heavy atom. The van der Waals surface area contributed by atoms with Crippen molar-refractivity contribution in [3.05, 3.63) is 0 Å². The van der Waals surface area contributed by atoms with Crippen LogP contribution < -0.4 is 10.6 Å². The third-order valence-corrected chi connectivity index (χ3v) is 2.09. The molecule has 0 bridgehead atoms. The van der Waals surface area contributed by atoms with E-state index < -0.39 is 0 Å². The van der Waals surface area contributed by atoms with Crippen molar-refractivity contribution in [1.29, 1.82) is 0 Å². The van der Waals surface area contributed by atoms with Crippen molar-refractivity contribution < 1.29 is 9.53 Å². The van der Waals surface area contributed by atoms with Gasteiger partial charge >= 0.3 is 6.09 Å². The molecule has 1 spiro atoms. The Morgan fingerprint density at radius 1 is 1.60 bits per heavy atom. The average molecular weight is 142 g/mol. The number of rotatable bonds is 0. The van der Waals surface area contributed by atoms with Crippen molar-refractivity contribution in [2.75, 3.05) is 19.7 Å². The second-order valence-electron chi connectivity index (χ2n) is 2.91. The lowest BCUT2D eigenvalue weighted by Gasteiger charge is -2.16. The Hall–Kier alpha value is -0.770. The molecule has 4 heteroatoms. The number of carbonyl (C=O) groups is 1. The summed E-state index contributed by atoms with van der Waals surface area (Å²) in [4.78, 5) is 10.6. The van der Waals surface area contributed by atoms with Crippen LogP contribution >= 0.6 is 0 Å². The predicted octanol–water partition coefficient (Wildman–Crippen LogP) is -0.542. The van der Waals surface area contributed by atoms with Crippen molar-refractivity contribution in [3.63, 3.8) is 0 Å². The molecule has 2 aliphatic rings. The molecule has 0 aromatic carbocycles. The van der Waals surface area contributed by atoms with Gasteiger partial charge in [-0.3, -0.25) is 0 Å². The predicted molar refractivity (Wildman–Crippen MR) is 34.7 cm³/mol.